The number of sulfonamides is 1. The summed E-state index contributed by atoms with van der Waals surface area (Å²) in [5.74, 6) is -0.642. The van der Waals surface area contributed by atoms with Crippen molar-refractivity contribution in [1.82, 2.24) is 4.31 Å². The van der Waals surface area contributed by atoms with Crippen LogP contribution < -0.4 is 11.5 Å². The second-order valence-corrected chi connectivity index (χ2v) is 7.11. The van der Waals surface area contributed by atoms with Gasteiger partial charge in [-0.25, -0.2) is 8.42 Å². The third kappa shape index (κ3) is 2.89. The first kappa shape index (κ1) is 15.1. The zero-order valence-corrected chi connectivity index (χ0v) is 12.3. The lowest BCUT2D eigenvalue weighted by molar-refractivity contribution is -0.122. The molecule has 1 saturated heterocycles. The number of hydrogen-bond acceptors (Lipinski definition) is 4. The van der Waals surface area contributed by atoms with E-state index in [1.54, 1.807) is 0 Å². The van der Waals surface area contributed by atoms with Crippen LogP contribution in [0.3, 0.4) is 0 Å². The van der Waals surface area contributed by atoms with Crippen LogP contribution in [0.15, 0.2) is 23.1 Å². The molecule has 0 aliphatic carbocycles. The highest BCUT2D eigenvalue weighted by molar-refractivity contribution is 7.89. The maximum atomic E-state index is 12.5. The van der Waals surface area contributed by atoms with Gasteiger partial charge in [0, 0.05) is 24.0 Å². The van der Waals surface area contributed by atoms with Gasteiger partial charge in [0.05, 0.1) is 5.69 Å². The highest BCUT2D eigenvalue weighted by Crippen LogP contribution is 2.28. The van der Waals surface area contributed by atoms with Crippen molar-refractivity contribution < 1.29 is 13.2 Å². The average Bonchev–Trinajstić information content (AvgIpc) is 2.38. The monoisotopic (exact) mass is 317 g/mol. The number of carbonyl (C=O) groups excluding carboxylic acids is 1. The summed E-state index contributed by atoms with van der Waals surface area (Å²) in [4.78, 5) is 11.1. The number of halogens is 1. The SMILES string of the molecule is NC(=O)C1CCN(S(=O)(=O)c2ccc(Cl)cc2N)CC1. The zero-order valence-electron chi connectivity index (χ0n) is 10.8. The third-order valence-electron chi connectivity index (χ3n) is 3.45. The van der Waals surface area contributed by atoms with E-state index in [1.807, 2.05) is 0 Å². The van der Waals surface area contributed by atoms with Crippen molar-refractivity contribution in [2.45, 2.75) is 17.7 Å². The largest absolute Gasteiger partial charge is 0.398 e. The first-order chi connectivity index (χ1) is 9.32. The number of nitrogen functional groups attached to an aromatic ring is 1. The molecule has 1 fully saturated rings. The van der Waals surface area contributed by atoms with Crippen LogP contribution in [0, 0.1) is 5.92 Å². The van der Waals surface area contributed by atoms with Gasteiger partial charge >= 0.3 is 0 Å². The fourth-order valence-electron chi connectivity index (χ4n) is 2.27. The molecule has 0 saturated carbocycles. The molecule has 1 aromatic carbocycles. The minimum atomic E-state index is -3.66. The number of carbonyl (C=O) groups is 1. The Morgan fingerprint density at radius 1 is 1.30 bits per heavy atom. The van der Waals surface area contributed by atoms with Crippen molar-refractivity contribution in [2.24, 2.45) is 11.7 Å². The number of piperidine rings is 1. The van der Waals surface area contributed by atoms with Crippen LogP contribution in [0.25, 0.3) is 0 Å². The number of amides is 1. The Bertz CT molecular complexity index is 625. The van der Waals surface area contributed by atoms with Gasteiger partial charge in [-0.1, -0.05) is 11.6 Å². The number of anilines is 1. The molecule has 0 unspecified atom stereocenters. The molecule has 1 aromatic rings. The summed E-state index contributed by atoms with van der Waals surface area (Å²) in [6.07, 6.45) is 0.865. The molecule has 1 aliphatic heterocycles. The number of benzene rings is 1. The molecule has 4 N–H and O–H groups in total. The van der Waals surface area contributed by atoms with Crippen molar-refractivity contribution in [3.05, 3.63) is 23.2 Å². The Morgan fingerprint density at radius 3 is 2.40 bits per heavy atom. The molecule has 1 amide bonds. The van der Waals surface area contributed by atoms with E-state index in [1.165, 1.54) is 22.5 Å². The van der Waals surface area contributed by atoms with Crippen molar-refractivity contribution in [1.29, 1.82) is 0 Å². The molecule has 110 valence electrons. The molecule has 1 aliphatic rings. The van der Waals surface area contributed by atoms with Gasteiger partial charge < -0.3 is 11.5 Å². The minimum absolute atomic E-state index is 0.0411. The number of primary amides is 1. The van der Waals surface area contributed by atoms with E-state index in [9.17, 15) is 13.2 Å². The van der Waals surface area contributed by atoms with Gasteiger partial charge in [-0.15, -0.1) is 0 Å². The van der Waals surface area contributed by atoms with E-state index >= 15 is 0 Å². The predicted molar refractivity (Wildman–Crippen MR) is 76.5 cm³/mol. The smallest absolute Gasteiger partial charge is 0.245 e. The zero-order chi connectivity index (χ0) is 14.9. The molecule has 0 radical (unpaired) electrons. The van der Waals surface area contributed by atoms with E-state index in [-0.39, 0.29) is 35.5 Å². The van der Waals surface area contributed by atoms with Crippen LogP contribution in [0.2, 0.25) is 5.02 Å². The van der Waals surface area contributed by atoms with Crippen molar-refractivity contribution in [2.75, 3.05) is 18.8 Å². The van der Waals surface area contributed by atoms with Crippen LogP contribution >= 0.6 is 11.6 Å². The lowest BCUT2D eigenvalue weighted by atomic mass is 9.98. The van der Waals surface area contributed by atoms with E-state index in [0.717, 1.165) is 0 Å². The maximum Gasteiger partial charge on any atom is 0.245 e. The van der Waals surface area contributed by atoms with Crippen LogP contribution in [0.4, 0.5) is 5.69 Å². The van der Waals surface area contributed by atoms with Gasteiger partial charge in [0.15, 0.2) is 0 Å². The summed E-state index contributed by atoms with van der Waals surface area (Å²) in [5.41, 5.74) is 11.1. The summed E-state index contributed by atoms with van der Waals surface area (Å²) in [6, 6.07) is 4.29. The number of nitrogens with zero attached hydrogens (tertiary/aromatic N) is 1. The Balaban J connectivity index is 2.22. The Labute approximate surface area is 122 Å². The summed E-state index contributed by atoms with van der Waals surface area (Å²) in [7, 11) is -3.66. The fraction of sp³-hybridized carbons (Fsp3) is 0.417. The second kappa shape index (κ2) is 5.59. The standard InChI is InChI=1S/C12H16ClN3O3S/c13-9-1-2-11(10(14)7-9)20(18,19)16-5-3-8(4-6-16)12(15)17/h1-2,7-8H,3-6,14H2,(H2,15,17). The quantitative estimate of drug-likeness (QED) is 0.804. The molecule has 0 atom stereocenters. The maximum absolute atomic E-state index is 12.5. The van der Waals surface area contributed by atoms with Crippen LogP contribution in [-0.4, -0.2) is 31.7 Å². The molecular formula is C12H16ClN3O3S. The van der Waals surface area contributed by atoms with Crippen LogP contribution in [0.1, 0.15) is 12.8 Å². The molecule has 1 heterocycles. The molecule has 8 heteroatoms. The van der Waals surface area contributed by atoms with E-state index < -0.39 is 10.0 Å². The minimum Gasteiger partial charge on any atom is -0.398 e. The lowest BCUT2D eigenvalue weighted by Crippen LogP contribution is -2.41. The molecule has 0 aromatic heterocycles. The Morgan fingerprint density at radius 2 is 1.90 bits per heavy atom. The first-order valence-corrected chi connectivity index (χ1v) is 7.98. The highest BCUT2D eigenvalue weighted by Gasteiger charge is 2.32. The number of hydrogen-bond donors (Lipinski definition) is 2. The summed E-state index contributed by atoms with van der Waals surface area (Å²) >= 11 is 5.77. The molecule has 20 heavy (non-hydrogen) atoms. The second-order valence-electron chi connectivity index (χ2n) is 4.76. The highest BCUT2D eigenvalue weighted by atomic mass is 35.5. The van der Waals surface area contributed by atoms with Crippen LogP contribution in [-0.2, 0) is 14.8 Å². The molecule has 2 rings (SSSR count). The lowest BCUT2D eigenvalue weighted by Gasteiger charge is -2.30. The Hall–Kier alpha value is -1.31. The van der Waals surface area contributed by atoms with E-state index in [0.29, 0.717) is 17.9 Å². The van der Waals surface area contributed by atoms with Gasteiger partial charge in [-0.3, -0.25) is 4.79 Å². The summed E-state index contributed by atoms with van der Waals surface area (Å²) in [5, 5.41) is 0.383. The van der Waals surface area contributed by atoms with E-state index in [2.05, 4.69) is 0 Å². The molecular weight excluding hydrogens is 302 g/mol. The van der Waals surface area contributed by atoms with Gasteiger partial charge in [0.1, 0.15) is 4.90 Å². The normalized spacial score (nSPS) is 18.1. The fourth-order valence-corrected chi connectivity index (χ4v) is 4.02. The Kier molecular flexibility index (Phi) is 4.22. The van der Waals surface area contributed by atoms with E-state index in [4.69, 9.17) is 23.1 Å². The van der Waals surface area contributed by atoms with Crippen molar-refractivity contribution >= 4 is 33.2 Å². The van der Waals surface area contributed by atoms with Crippen LogP contribution in [0.5, 0.6) is 0 Å². The summed E-state index contributed by atoms with van der Waals surface area (Å²) in [6.45, 7) is 0.524. The number of nitrogens with two attached hydrogens (primary N) is 2. The number of rotatable bonds is 3. The predicted octanol–water partition coefficient (Wildman–Crippen LogP) is 0.808. The average molecular weight is 318 g/mol. The third-order valence-corrected chi connectivity index (χ3v) is 5.65. The van der Waals surface area contributed by atoms with Crippen molar-refractivity contribution in [3.8, 4) is 0 Å². The van der Waals surface area contributed by atoms with Gasteiger partial charge in [0.25, 0.3) is 0 Å². The van der Waals surface area contributed by atoms with Gasteiger partial charge in [-0.2, -0.15) is 4.31 Å². The van der Waals surface area contributed by atoms with Gasteiger partial charge in [0.2, 0.25) is 15.9 Å². The summed E-state index contributed by atoms with van der Waals surface area (Å²) < 4.78 is 26.3. The van der Waals surface area contributed by atoms with Gasteiger partial charge in [-0.05, 0) is 31.0 Å². The first-order valence-electron chi connectivity index (χ1n) is 6.17. The molecule has 0 bridgehead atoms. The van der Waals surface area contributed by atoms with Crippen molar-refractivity contribution in [3.63, 3.8) is 0 Å². The molecule has 6 nitrogen and oxygen atoms in total. The molecule has 0 spiro atoms. The topological polar surface area (TPSA) is 106 Å².